The first-order valence-corrected chi connectivity index (χ1v) is 11.0. The highest BCUT2D eigenvalue weighted by Gasteiger charge is 2.45. The zero-order chi connectivity index (χ0) is 22.8. The van der Waals surface area contributed by atoms with E-state index in [1.165, 1.54) is 55.1 Å². The lowest BCUT2D eigenvalue weighted by molar-refractivity contribution is -0.148. The van der Waals surface area contributed by atoms with E-state index in [-0.39, 0.29) is 36.3 Å². The van der Waals surface area contributed by atoms with Gasteiger partial charge in [-0.25, -0.2) is 12.8 Å². The Morgan fingerprint density at radius 1 is 1.10 bits per heavy atom. The average Bonchev–Trinajstić information content (AvgIpc) is 2.72. The Bertz CT molecular complexity index is 1060. The maximum absolute atomic E-state index is 13.1. The zero-order valence-corrected chi connectivity index (χ0v) is 17.9. The first-order valence-electron chi connectivity index (χ1n) is 9.60. The van der Waals surface area contributed by atoms with E-state index in [0.717, 1.165) is 9.87 Å². The first-order chi connectivity index (χ1) is 14.6. The lowest BCUT2D eigenvalue weighted by Crippen LogP contribution is -2.63. The van der Waals surface area contributed by atoms with Crippen LogP contribution < -0.4 is 4.74 Å². The van der Waals surface area contributed by atoms with Gasteiger partial charge in [0.15, 0.2) is 0 Å². The van der Waals surface area contributed by atoms with Crippen molar-refractivity contribution in [1.82, 2.24) is 9.21 Å². The van der Waals surface area contributed by atoms with E-state index < -0.39 is 28.1 Å². The van der Waals surface area contributed by atoms with E-state index in [1.54, 1.807) is 12.1 Å². The predicted octanol–water partition coefficient (Wildman–Crippen LogP) is 2.10. The Hall–Kier alpha value is -2.98. The first kappa shape index (κ1) is 22.7. The number of benzene rings is 2. The van der Waals surface area contributed by atoms with Gasteiger partial charge in [0.1, 0.15) is 24.2 Å². The van der Waals surface area contributed by atoms with Gasteiger partial charge in [0.05, 0.1) is 10.9 Å². The van der Waals surface area contributed by atoms with Crippen LogP contribution >= 0.6 is 0 Å². The average molecular weight is 450 g/mol. The van der Waals surface area contributed by atoms with Gasteiger partial charge in [-0.3, -0.25) is 9.59 Å². The zero-order valence-electron chi connectivity index (χ0n) is 17.1. The number of nitrogens with zero attached hydrogens (tertiary/aromatic N) is 2. The largest absolute Gasteiger partial charge is 0.489 e. The van der Waals surface area contributed by atoms with Crippen LogP contribution in [0, 0.1) is 5.82 Å². The van der Waals surface area contributed by atoms with Gasteiger partial charge in [-0.1, -0.05) is 12.1 Å². The van der Waals surface area contributed by atoms with Gasteiger partial charge >= 0.3 is 5.97 Å². The van der Waals surface area contributed by atoms with Crippen molar-refractivity contribution in [2.75, 3.05) is 13.1 Å². The molecule has 1 aliphatic rings. The maximum Gasteiger partial charge on any atom is 0.324 e. The Kier molecular flexibility index (Phi) is 6.61. The van der Waals surface area contributed by atoms with Crippen LogP contribution in [-0.2, 0) is 26.2 Å². The number of hydrogen-bond donors (Lipinski definition) is 1. The Morgan fingerprint density at radius 3 is 2.26 bits per heavy atom. The van der Waals surface area contributed by atoms with Crippen LogP contribution in [0.3, 0.4) is 0 Å². The second-order valence-corrected chi connectivity index (χ2v) is 9.13. The molecule has 1 fully saturated rings. The summed E-state index contributed by atoms with van der Waals surface area (Å²) in [4.78, 5) is 24.9. The van der Waals surface area contributed by atoms with Crippen molar-refractivity contribution in [3.63, 3.8) is 0 Å². The van der Waals surface area contributed by atoms with Crippen LogP contribution in [0.25, 0.3) is 0 Å². The molecule has 1 heterocycles. The number of carboxylic acids is 1. The number of carboxylic acid groups (broad SMARTS) is 1. The summed E-state index contributed by atoms with van der Waals surface area (Å²) in [6, 6.07) is 9.24. The number of amides is 1. The fourth-order valence-corrected chi connectivity index (χ4v) is 5.23. The van der Waals surface area contributed by atoms with Crippen LogP contribution in [-0.4, -0.2) is 59.8 Å². The quantitative estimate of drug-likeness (QED) is 0.723. The fourth-order valence-electron chi connectivity index (χ4n) is 3.59. The summed E-state index contributed by atoms with van der Waals surface area (Å²) in [5.41, 5.74) is 0.750. The number of carbonyl (C=O) groups is 2. The molecule has 3 rings (SSSR count). The molecule has 0 bridgehead atoms. The van der Waals surface area contributed by atoms with Crippen LogP contribution in [0.15, 0.2) is 53.4 Å². The molecular formula is C21H23FN2O6S. The number of ether oxygens (including phenoxy) is 1. The smallest absolute Gasteiger partial charge is 0.324 e. The van der Waals surface area contributed by atoms with E-state index >= 15 is 0 Å². The molecule has 2 aromatic carbocycles. The number of hydrogen-bond acceptors (Lipinski definition) is 5. The molecule has 0 spiro atoms. The number of sulfonamides is 1. The van der Waals surface area contributed by atoms with Crippen LogP contribution in [0.2, 0.25) is 0 Å². The SMILES string of the molecule is CC(=O)N1CCN(S(=O)(=O)c2ccc(OCc3ccc(F)cc3)cc2)C(C(=O)O)C1C. The van der Waals surface area contributed by atoms with Crippen molar-refractivity contribution < 1.29 is 32.2 Å². The second-order valence-electron chi connectivity index (χ2n) is 7.24. The van der Waals surface area contributed by atoms with Crippen molar-refractivity contribution in [3.05, 3.63) is 59.9 Å². The topological polar surface area (TPSA) is 104 Å². The number of carbonyl (C=O) groups excluding carboxylic acids is 1. The van der Waals surface area contributed by atoms with Gasteiger partial charge in [-0.15, -0.1) is 0 Å². The van der Waals surface area contributed by atoms with E-state index in [0.29, 0.717) is 5.75 Å². The summed E-state index contributed by atoms with van der Waals surface area (Å²) in [5, 5.41) is 9.64. The molecule has 10 heteroatoms. The van der Waals surface area contributed by atoms with E-state index in [1.807, 2.05) is 0 Å². The molecule has 1 saturated heterocycles. The lowest BCUT2D eigenvalue weighted by atomic mass is 10.1. The number of halogens is 1. The molecule has 8 nitrogen and oxygen atoms in total. The Morgan fingerprint density at radius 2 is 1.71 bits per heavy atom. The molecule has 166 valence electrons. The normalized spacial score (nSPS) is 19.8. The summed E-state index contributed by atoms with van der Waals surface area (Å²) in [7, 11) is -4.11. The molecular weight excluding hydrogens is 427 g/mol. The summed E-state index contributed by atoms with van der Waals surface area (Å²) < 4.78 is 45.7. The third-order valence-corrected chi connectivity index (χ3v) is 7.12. The minimum absolute atomic E-state index is 0.0728. The Labute approximate surface area is 179 Å². The van der Waals surface area contributed by atoms with Gasteiger partial charge in [-0.2, -0.15) is 4.31 Å². The predicted molar refractivity (Wildman–Crippen MR) is 109 cm³/mol. The minimum Gasteiger partial charge on any atom is -0.489 e. The van der Waals surface area contributed by atoms with Gasteiger partial charge in [0, 0.05) is 20.0 Å². The molecule has 1 amide bonds. The van der Waals surface area contributed by atoms with Gasteiger partial charge in [0.2, 0.25) is 15.9 Å². The van der Waals surface area contributed by atoms with Gasteiger partial charge < -0.3 is 14.7 Å². The Balaban J connectivity index is 1.77. The van der Waals surface area contributed by atoms with Crippen LogP contribution in [0.1, 0.15) is 19.4 Å². The van der Waals surface area contributed by atoms with Crippen LogP contribution in [0.4, 0.5) is 4.39 Å². The monoisotopic (exact) mass is 450 g/mol. The maximum atomic E-state index is 13.1. The molecule has 0 aliphatic carbocycles. The fraction of sp³-hybridized carbons (Fsp3) is 0.333. The third-order valence-electron chi connectivity index (χ3n) is 5.23. The van der Waals surface area contributed by atoms with Crippen molar-refractivity contribution in [2.24, 2.45) is 0 Å². The van der Waals surface area contributed by atoms with E-state index in [4.69, 9.17) is 4.74 Å². The van der Waals surface area contributed by atoms with E-state index in [2.05, 4.69) is 0 Å². The second kappa shape index (κ2) is 9.03. The molecule has 2 aromatic rings. The van der Waals surface area contributed by atoms with Crippen molar-refractivity contribution >= 4 is 21.9 Å². The van der Waals surface area contributed by atoms with Gasteiger partial charge in [0.25, 0.3) is 0 Å². The molecule has 2 atom stereocenters. The highest BCUT2D eigenvalue weighted by Crippen LogP contribution is 2.27. The molecule has 0 radical (unpaired) electrons. The molecule has 0 saturated carbocycles. The molecule has 1 aliphatic heterocycles. The van der Waals surface area contributed by atoms with Crippen molar-refractivity contribution in [3.8, 4) is 5.75 Å². The summed E-state index contributed by atoms with van der Waals surface area (Å²) in [6.07, 6.45) is 0. The van der Waals surface area contributed by atoms with Gasteiger partial charge in [-0.05, 0) is 48.9 Å². The molecule has 1 N–H and O–H groups in total. The van der Waals surface area contributed by atoms with Crippen molar-refractivity contribution in [2.45, 2.75) is 37.4 Å². The standard InChI is InChI=1S/C21H23FN2O6S/c1-14-20(21(26)27)24(12-11-23(14)15(2)25)31(28,29)19-9-7-18(8-10-19)30-13-16-3-5-17(22)6-4-16/h3-10,14,20H,11-13H2,1-2H3,(H,26,27). The van der Waals surface area contributed by atoms with E-state index in [9.17, 15) is 27.5 Å². The van der Waals surface area contributed by atoms with Crippen LogP contribution in [0.5, 0.6) is 5.75 Å². The molecule has 31 heavy (non-hydrogen) atoms. The summed E-state index contributed by atoms with van der Waals surface area (Å²) >= 11 is 0. The number of piperazine rings is 1. The molecule has 2 unspecified atom stereocenters. The van der Waals surface area contributed by atoms with Crippen molar-refractivity contribution in [1.29, 1.82) is 0 Å². The highest BCUT2D eigenvalue weighted by molar-refractivity contribution is 7.89. The number of rotatable bonds is 6. The molecule has 0 aromatic heterocycles. The lowest BCUT2D eigenvalue weighted by Gasteiger charge is -2.43. The third kappa shape index (κ3) is 4.86. The highest BCUT2D eigenvalue weighted by atomic mass is 32.2. The summed E-state index contributed by atoms with van der Waals surface area (Å²) in [6.45, 7) is 3.01. The number of aliphatic carboxylic acids is 1. The summed E-state index contributed by atoms with van der Waals surface area (Å²) in [5.74, 6) is -1.57. The minimum atomic E-state index is -4.11.